The fraction of sp³-hybridized carbons (Fsp3) is 0.304. The zero-order valence-corrected chi connectivity index (χ0v) is 17.5. The molecular formula is C23H24N2O6. The van der Waals surface area contributed by atoms with Gasteiger partial charge in [-0.2, -0.15) is 0 Å². The second-order valence-electron chi connectivity index (χ2n) is 7.14. The van der Waals surface area contributed by atoms with Crippen LogP contribution in [0.25, 0.3) is 6.08 Å². The summed E-state index contributed by atoms with van der Waals surface area (Å²) in [6, 6.07) is 10.8. The first kappa shape index (κ1) is 20.6. The van der Waals surface area contributed by atoms with E-state index in [0.717, 1.165) is 12.0 Å². The van der Waals surface area contributed by atoms with E-state index in [0.29, 0.717) is 41.7 Å². The van der Waals surface area contributed by atoms with Crippen LogP contribution in [0.2, 0.25) is 0 Å². The average Bonchev–Trinajstić information content (AvgIpc) is 3.46. The molecule has 0 atom stereocenters. The molecule has 1 fully saturated rings. The number of ether oxygens (including phenoxy) is 4. The summed E-state index contributed by atoms with van der Waals surface area (Å²) in [4.78, 5) is 25.7. The van der Waals surface area contributed by atoms with Gasteiger partial charge in [0, 0.05) is 24.7 Å². The number of rotatable bonds is 6. The maximum Gasteiger partial charge on any atom is 0.265 e. The molecule has 31 heavy (non-hydrogen) atoms. The number of nitrogens with zero attached hydrogens (tertiary/aromatic N) is 2. The number of fused-ring (bicyclic) bond motifs is 1. The summed E-state index contributed by atoms with van der Waals surface area (Å²) in [6.45, 7) is 1.18. The molecule has 0 unspecified atom stereocenters. The molecule has 0 aromatic heterocycles. The van der Waals surface area contributed by atoms with Gasteiger partial charge < -0.3 is 18.9 Å². The largest absolute Gasteiger partial charge is 0.497 e. The van der Waals surface area contributed by atoms with E-state index >= 15 is 0 Å². The minimum absolute atomic E-state index is 0.142. The van der Waals surface area contributed by atoms with Gasteiger partial charge in [0.15, 0.2) is 11.5 Å². The molecule has 0 saturated carbocycles. The van der Waals surface area contributed by atoms with Crippen molar-refractivity contribution in [3.05, 3.63) is 53.6 Å². The SMILES string of the molecule is COc1ccc(OC)c(C=CC(=O)N2CCCN2C(=O)Cc2ccc3c(c2)OCO3)c1. The monoisotopic (exact) mass is 424 g/mol. The third-order valence-corrected chi connectivity index (χ3v) is 5.21. The maximum absolute atomic E-state index is 12.9. The summed E-state index contributed by atoms with van der Waals surface area (Å²) in [6.07, 6.45) is 4.02. The topological polar surface area (TPSA) is 77.5 Å². The first-order chi connectivity index (χ1) is 15.1. The molecule has 0 spiro atoms. The minimum Gasteiger partial charge on any atom is -0.497 e. The number of carbonyl (C=O) groups is 2. The fourth-order valence-corrected chi connectivity index (χ4v) is 3.63. The molecule has 0 aliphatic carbocycles. The third kappa shape index (κ3) is 4.42. The van der Waals surface area contributed by atoms with Gasteiger partial charge in [-0.05, 0) is 48.4 Å². The van der Waals surface area contributed by atoms with Crippen molar-refractivity contribution < 1.29 is 28.5 Å². The van der Waals surface area contributed by atoms with Crippen molar-refractivity contribution in [3.8, 4) is 23.0 Å². The molecule has 2 amide bonds. The van der Waals surface area contributed by atoms with Crippen LogP contribution in [0, 0.1) is 0 Å². The Morgan fingerprint density at radius 2 is 1.81 bits per heavy atom. The van der Waals surface area contributed by atoms with Crippen LogP contribution in [0.5, 0.6) is 23.0 Å². The summed E-state index contributed by atoms with van der Waals surface area (Å²) in [7, 11) is 3.15. The quantitative estimate of drug-likeness (QED) is 0.664. The van der Waals surface area contributed by atoms with Crippen LogP contribution >= 0.6 is 0 Å². The second kappa shape index (κ2) is 8.99. The standard InChI is InChI=1S/C23H24N2O6/c1-28-18-6-8-19(29-2)17(14-18)5-9-22(26)24-10-3-11-25(24)23(27)13-16-4-7-20-21(12-16)31-15-30-20/h4-9,12,14H,3,10-11,13,15H2,1-2H3. The van der Waals surface area contributed by atoms with E-state index in [2.05, 4.69) is 0 Å². The van der Waals surface area contributed by atoms with Gasteiger partial charge in [0.1, 0.15) is 11.5 Å². The molecule has 0 radical (unpaired) electrons. The van der Waals surface area contributed by atoms with E-state index in [9.17, 15) is 9.59 Å². The Morgan fingerprint density at radius 1 is 1.00 bits per heavy atom. The fourth-order valence-electron chi connectivity index (χ4n) is 3.63. The van der Waals surface area contributed by atoms with Crippen LogP contribution in [0.3, 0.4) is 0 Å². The van der Waals surface area contributed by atoms with E-state index in [4.69, 9.17) is 18.9 Å². The highest BCUT2D eigenvalue weighted by atomic mass is 16.7. The number of benzene rings is 2. The van der Waals surface area contributed by atoms with E-state index in [1.165, 1.54) is 16.1 Å². The summed E-state index contributed by atoms with van der Waals surface area (Å²) in [5.74, 6) is 2.19. The lowest BCUT2D eigenvalue weighted by atomic mass is 10.1. The Kier molecular flexibility index (Phi) is 5.97. The Morgan fingerprint density at radius 3 is 2.61 bits per heavy atom. The molecule has 8 nitrogen and oxygen atoms in total. The molecule has 4 rings (SSSR count). The van der Waals surface area contributed by atoms with Crippen LogP contribution in [-0.2, 0) is 16.0 Å². The van der Waals surface area contributed by atoms with E-state index in [-0.39, 0.29) is 25.0 Å². The van der Waals surface area contributed by atoms with Crippen molar-refractivity contribution in [2.45, 2.75) is 12.8 Å². The summed E-state index contributed by atoms with van der Waals surface area (Å²) in [5, 5.41) is 3.00. The van der Waals surface area contributed by atoms with Crippen LogP contribution in [-0.4, -0.2) is 55.9 Å². The summed E-state index contributed by atoms with van der Waals surface area (Å²) < 4.78 is 21.3. The van der Waals surface area contributed by atoms with Crippen LogP contribution in [0.1, 0.15) is 17.5 Å². The van der Waals surface area contributed by atoms with E-state index in [1.54, 1.807) is 50.6 Å². The number of carbonyl (C=O) groups excluding carboxylic acids is 2. The zero-order valence-electron chi connectivity index (χ0n) is 17.5. The van der Waals surface area contributed by atoms with E-state index in [1.807, 2.05) is 6.07 Å². The van der Waals surface area contributed by atoms with Crippen molar-refractivity contribution in [1.82, 2.24) is 10.0 Å². The lowest BCUT2D eigenvalue weighted by Crippen LogP contribution is -2.44. The lowest BCUT2D eigenvalue weighted by Gasteiger charge is -2.27. The highest BCUT2D eigenvalue weighted by molar-refractivity contribution is 5.94. The van der Waals surface area contributed by atoms with Crippen molar-refractivity contribution in [3.63, 3.8) is 0 Å². The highest BCUT2D eigenvalue weighted by Gasteiger charge is 2.29. The molecule has 2 aliphatic heterocycles. The van der Waals surface area contributed by atoms with Crippen LogP contribution < -0.4 is 18.9 Å². The minimum atomic E-state index is -0.263. The lowest BCUT2D eigenvalue weighted by molar-refractivity contribution is -0.154. The molecule has 2 heterocycles. The normalized spacial score (nSPS) is 14.9. The second-order valence-corrected chi connectivity index (χ2v) is 7.14. The maximum atomic E-state index is 12.9. The number of hydrogen-bond donors (Lipinski definition) is 0. The van der Waals surface area contributed by atoms with E-state index < -0.39 is 0 Å². The molecule has 8 heteroatoms. The Labute approximate surface area is 180 Å². The zero-order chi connectivity index (χ0) is 21.8. The van der Waals surface area contributed by atoms with Gasteiger partial charge >= 0.3 is 0 Å². The van der Waals surface area contributed by atoms with Crippen molar-refractivity contribution >= 4 is 17.9 Å². The number of amides is 2. The van der Waals surface area contributed by atoms with Crippen molar-refractivity contribution in [2.75, 3.05) is 34.1 Å². The van der Waals surface area contributed by atoms with Gasteiger partial charge in [-0.1, -0.05) is 6.07 Å². The molecule has 162 valence electrons. The number of hydrogen-bond acceptors (Lipinski definition) is 6. The molecular weight excluding hydrogens is 400 g/mol. The number of hydrazine groups is 1. The van der Waals surface area contributed by atoms with Crippen molar-refractivity contribution in [1.29, 1.82) is 0 Å². The first-order valence-corrected chi connectivity index (χ1v) is 9.99. The van der Waals surface area contributed by atoms with Gasteiger partial charge in [0.05, 0.1) is 20.6 Å². The highest BCUT2D eigenvalue weighted by Crippen LogP contribution is 2.33. The Balaban J connectivity index is 1.44. The summed E-state index contributed by atoms with van der Waals surface area (Å²) >= 11 is 0. The predicted octanol–water partition coefficient (Wildman–Crippen LogP) is 2.66. The van der Waals surface area contributed by atoms with Gasteiger partial charge in [0.2, 0.25) is 12.7 Å². The molecule has 0 bridgehead atoms. The smallest absolute Gasteiger partial charge is 0.265 e. The van der Waals surface area contributed by atoms with Gasteiger partial charge in [0.25, 0.3) is 5.91 Å². The Bertz CT molecular complexity index is 1020. The van der Waals surface area contributed by atoms with Crippen LogP contribution in [0.4, 0.5) is 0 Å². The van der Waals surface area contributed by atoms with Gasteiger partial charge in [-0.25, -0.2) is 5.01 Å². The van der Waals surface area contributed by atoms with Gasteiger partial charge in [-0.15, -0.1) is 0 Å². The number of methoxy groups -OCH3 is 2. The van der Waals surface area contributed by atoms with Crippen LogP contribution in [0.15, 0.2) is 42.5 Å². The molecule has 1 saturated heterocycles. The summed E-state index contributed by atoms with van der Waals surface area (Å²) in [5.41, 5.74) is 1.53. The Hall–Kier alpha value is -3.68. The molecule has 0 N–H and O–H groups in total. The average molecular weight is 424 g/mol. The van der Waals surface area contributed by atoms with Crippen molar-refractivity contribution in [2.24, 2.45) is 0 Å². The first-order valence-electron chi connectivity index (χ1n) is 9.99. The molecule has 2 aromatic carbocycles. The van der Waals surface area contributed by atoms with Gasteiger partial charge in [-0.3, -0.25) is 14.6 Å². The third-order valence-electron chi connectivity index (χ3n) is 5.21. The molecule has 2 aromatic rings. The molecule has 2 aliphatic rings. The predicted molar refractivity (Wildman–Crippen MR) is 113 cm³/mol.